The molecule has 0 bridgehead atoms. The third-order valence-electron chi connectivity index (χ3n) is 2.05. The summed E-state index contributed by atoms with van der Waals surface area (Å²) < 4.78 is 11.8. The molecule has 14 heavy (non-hydrogen) atoms. The van der Waals surface area contributed by atoms with Crippen LogP contribution in [0.25, 0.3) is 6.08 Å². The fourth-order valence-electron chi connectivity index (χ4n) is 1.43. The predicted octanol–water partition coefficient (Wildman–Crippen LogP) is 0.838. The highest BCUT2D eigenvalue weighted by atomic mass is 32.2. The molecule has 1 atom stereocenters. The molecule has 0 saturated heterocycles. The lowest BCUT2D eigenvalue weighted by molar-refractivity contribution is 1.08. The largest absolute Gasteiger partial charge is 0.255 e. The van der Waals surface area contributed by atoms with Crippen molar-refractivity contribution in [2.75, 3.05) is 0 Å². The Balaban J connectivity index is 2.52. The van der Waals surface area contributed by atoms with Gasteiger partial charge in [-0.25, -0.2) is 4.40 Å². The van der Waals surface area contributed by atoms with E-state index in [0.29, 0.717) is 5.69 Å². The molecular formula is C8H5N5S. The van der Waals surface area contributed by atoms with Crippen molar-refractivity contribution >= 4 is 28.9 Å². The van der Waals surface area contributed by atoms with Crippen LogP contribution < -0.4 is 10.6 Å². The summed E-state index contributed by atoms with van der Waals surface area (Å²) in [5, 5.41) is 13.1. The topological polar surface area (TPSA) is 73.3 Å². The van der Waals surface area contributed by atoms with Crippen molar-refractivity contribution in [2.24, 2.45) is 19.8 Å². The minimum atomic E-state index is -0.872. The summed E-state index contributed by atoms with van der Waals surface area (Å²) in [6.45, 7) is 0. The van der Waals surface area contributed by atoms with Crippen LogP contribution in [0.4, 0.5) is 5.69 Å². The third-order valence-corrected chi connectivity index (χ3v) is 3.20. The molecule has 6 heteroatoms. The van der Waals surface area contributed by atoms with Crippen molar-refractivity contribution in [1.29, 1.82) is 4.78 Å². The van der Waals surface area contributed by atoms with Gasteiger partial charge in [-0.05, 0) is 22.6 Å². The fourth-order valence-corrected chi connectivity index (χ4v) is 2.40. The molecule has 0 fully saturated rings. The van der Waals surface area contributed by atoms with Crippen molar-refractivity contribution in [3.63, 3.8) is 0 Å². The van der Waals surface area contributed by atoms with Gasteiger partial charge in [0.1, 0.15) is 11.0 Å². The Labute approximate surface area is 81.6 Å². The maximum Gasteiger partial charge on any atom is 0.132 e. The smallest absolute Gasteiger partial charge is 0.132 e. The average Bonchev–Trinajstić information content (AvgIpc) is 2.65. The highest BCUT2D eigenvalue weighted by molar-refractivity contribution is 7.85. The Bertz CT molecular complexity index is 613. The number of fused-ring (bicyclic) bond motifs is 3. The molecule has 3 rings (SSSR count). The second-order valence-electron chi connectivity index (χ2n) is 2.85. The van der Waals surface area contributed by atoms with E-state index in [1.165, 1.54) is 0 Å². The molecule has 0 spiro atoms. The molecule has 0 aliphatic carbocycles. The van der Waals surface area contributed by atoms with Crippen LogP contribution in [0.3, 0.4) is 0 Å². The van der Waals surface area contributed by atoms with Gasteiger partial charge in [-0.15, -0.1) is 10.2 Å². The van der Waals surface area contributed by atoms with Crippen LogP contribution in [-0.2, 0) is 10.9 Å². The van der Waals surface area contributed by atoms with Crippen molar-refractivity contribution in [1.82, 2.24) is 0 Å². The average molecular weight is 203 g/mol. The molecule has 2 aliphatic rings. The Morgan fingerprint density at radius 3 is 3.14 bits per heavy atom. The van der Waals surface area contributed by atoms with Gasteiger partial charge in [-0.1, -0.05) is 6.07 Å². The number of nitrogens with zero attached hydrogens (tertiary/aromatic N) is 4. The molecule has 1 unspecified atom stereocenters. The van der Waals surface area contributed by atoms with Gasteiger partial charge in [-0.2, -0.15) is 0 Å². The van der Waals surface area contributed by atoms with Gasteiger partial charge in [-0.3, -0.25) is 4.78 Å². The SMILES string of the molecule is N=S1N=CC=c2ccc3c(c21)N=NN=3. The molecule has 1 aromatic rings. The molecule has 1 aromatic carbocycles. The van der Waals surface area contributed by atoms with E-state index in [2.05, 4.69) is 19.8 Å². The quantitative estimate of drug-likeness (QED) is 0.649. The lowest BCUT2D eigenvalue weighted by Crippen LogP contribution is -2.17. The molecule has 2 heterocycles. The fraction of sp³-hybridized carbons (Fsp3) is 0. The van der Waals surface area contributed by atoms with Crippen LogP contribution in [0.2, 0.25) is 0 Å². The summed E-state index contributed by atoms with van der Waals surface area (Å²) in [6, 6.07) is 3.79. The number of hydrogen-bond acceptors (Lipinski definition) is 4. The van der Waals surface area contributed by atoms with E-state index in [9.17, 15) is 0 Å². The highest BCUT2D eigenvalue weighted by Crippen LogP contribution is 2.20. The predicted molar refractivity (Wildman–Crippen MR) is 53.0 cm³/mol. The van der Waals surface area contributed by atoms with Crippen molar-refractivity contribution in [3.05, 3.63) is 22.7 Å². The Kier molecular flexibility index (Phi) is 1.45. The van der Waals surface area contributed by atoms with Gasteiger partial charge in [0.05, 0.1) is 4.90 Å². The molecule has 0 aromatic heterocycles. The van der Waals surface area contributed by atoms with Gasteiger partial charge < -0.3 is 0 Å². The van der Waals surface area contributed by atoms with Crippen LogP contribution in [-0.4, -0.2) is 6.21 Å². The van der Waals surface area contributed by atoms with Gasteiger partial charge in [0, 0.05) is 17.1 Å². The van der Waals surface area contributed by atoms with Crippen LogP contribution in [0.5, 0.6) is 0 Å². The first-order chi connectivity index (χ1) is 6.86. The van der Waals surface area contributed by atoms with E-state index in [4.69, 9.17) is 4.78 Å². The number of benzene rings is 1. The van der Waals surface area contributed by atoms with Crippen LogP contribution in [0, 0.1) is 4.78 Å². The van der Waals surface area contributed by atoms with Crippen LogP contribution >= 0.6 is 0 Å². The molecular weight excluding hydrogens is 198 g/mol. The zero-order valence-corrected chi connectivity index (χ0v) is 7.82. The Morgan fingerprint density at radius 2 is 2.21 bits per heavy atom. The maximum absolute atomic E-state index is 7.79. The van der Waals surface area contributed by atoms with E-state index in [1.807, 2.05) is 18.2 Å². The lowest BCUT2D eigenvalue weighted by atomic mass is 10.2. The third kappa shape index (κ3) is 0.912. The summed E-state index contributed by atoms with van der Waals surface area (Å²) in [6.07, 6.45) is 3.54. The second kappa shape index (κ2) is 2.65. The molecule has 1 N–H and O–H groups in total. The van der Waals surface area contributed by atoms with E-state index in [0.717, 1.165) is 15.5 Å². The second-order valence-corrected chi connectivity index (χ2v) is 4.04. The van der Waals surface area contributed by atoms with Crippen molar-refractivity contribution < 1.29 is 0 Å². The zero-order chi connectivity index (χ0) is 9.54. The summed E-state index contributed by atoms with van der Waals surface area (Å²) >= 11 is 0. The minimum absolute atomic E-state index is 0.703. The molecule has 0 saturated carbocycles. The van der Waals surface area contributed by atoms with E-state index in [1.54, 1.807) is 6.21 Å². The lowest BCUT2D eigenvalue weighted by Gasteiger charge is -2.05. The van der Waals surface area contributed by atoms with E-state index in [-0.39, 0.29) is 0 Å². The number of nitrogens with one attached hydrogen (secondary N) is 1. The minimum Gasteiger partial charge on any atom is -0.255 e. The summed E-state index contributed by atoms with van der Waals surface area (Å²) in [5.74, 6) is 0. The molecule has 0 amide bonds. The first kappa shape index (κ1) is 7.69. The highest BCUT2D eigenvalue weighted by Gasteiger charge is 2.14. The number of hydrogen-bond donors (Lipinski definition) is 1. The van der Waals surface area contributed by atoms with Crippen molar-refractivity contribution in [2.45, 2.75) is 4.90 Å². The van der Waals surface area contributed by atoms with E-state index < -0.39 is 10.9 Å². The van der Waals surface area contributed by atoms with Gasteiger partial charge in [0.25, 0.3) is 0 Å². The number of rotatable bonds is 0. The van der Waals surface area contributed by atoms with E-state index >= 15 is 0 Å². The Hall–Kier alpha value is -1.69. The van der Waals surface area contributed by atoms with Gasteiger partial charge >= 0.3 is 0 Å². The first-order valence-electron chi connectivity index (χ1n) is 3.98. The zero-order valence-electron chi connectivity index (χ0n) is 7.01. The monoisotopic (exact) mass is 203 g/mol. The molecule has 68 valence electrons. The molecule has 5 nitrogen and oxygen atoms in total. The summed E-state index contributed by atoms with van der Waals surface area (Å²) in [5.41, 5.74) is 0.703. The maximum atomic E-state index is 7.79. The normalized spacial score (nSPS) is 21.0. The summed E-state index contributed by atoms with van der Waals surface area (Å²) in [7, 11) is -0.872. The van der Waals surface area contributed by atoms with Crippen molar-refractivity contribution in [3.8, 4) is 0 Å². The Morgan fingerprint density at radius 1 is 1.29 bits per heavy atom. The van der Waals surface area contributed by atoms with Crippen LogP contribution in [0.15, 0.2) is 36.9 Å². The molecule has 2 aliphatic heterocycles. The van der Waals surface area contributed by atoms with Gasteiger partial charge in [0.15, 0.2) is 0 Å². The molecule has 0 radical (unpaired) electrons. The van der Waals surface area contributed by atoms with Crippen LogP contribution in [0.1, 0.15) is 0 Å². The van der Waals surface area contributed by atoms with Gasteiger partial charge in [0.2, 0.25) is 0 Å². The first-order valence-corrected chi connectivity index (χ1v) is 5.16. The summed E-state index contributed by atoms with van der Waals surface area (Å²) in [4.78, 5) is 0.829. The standard InChI is InChI=1S/C8H5N5S/c9-14-8-5(3-4-10-14)1-2-6-7(8)12-13-11-6/h1-4,9H.